The predicted octanol–water partition coefficient (Wildman–Crippen LogP) is 0.697. The minimum Gasteiger partial charge on any atom is -0.367 e. The Morgan fingerprint density at radius 2 is 2.24 bits per heavy atom. The van der Waals surface area contributed by atoms with Crippen molar-refractivity contribution < 1.29 is 4.79 Å². The van der Waals surface area contributed by atoms with Crippen LogP contribution in [0.25, 0.3) is 0 Å². The first-order chi connectivity index (χ1) is 11.5. The smallest absolute Gasteiger partial charge is 0.239 e. The van der Waals surface area contributed by atoms with Gasteiger partial charge in [0, 0.05) is 45.5 Å². The molecule has 0 saturated carbocycles. The van der Waals surface area contributed by atoms with E-state index in [-0.39, 0.29) is 42.5 Å². The van der Waals surface area contributed by atoms with Gasteiger partial charge in [-0.3, -0.25) is 14.5 Å². The molecule has 2 heterocycles. The number of rotatable bonds is 5. The fourth-order valence-corrected chi connectivity index (χ4v) is 2.83. The summed E-state index contributed by atoms with van der Waals surface area (Å²) in [4.78, 5) is 18.3. The highest BCUT2D eigenvalue weighted by Gasteiger charge is 2.21. The largest absolute Gasteiger partial charge is 0.367 e. The summed E-state index contributed by atoms with van der Waals surface area (Å²) in [5, 5.41) is 13.6. The van der Waals surface area contributed by atoms with Gasteiger partial charge in [-0.05, 0) is 26.7 Å². The average molecular weight is 463 g/mol. The number of aryl methyl sites for hydroxylation is 1. The number of halogens is 1. The highest BCUT2D eigenvalue weighted by atomic mass is 127. The van der Waals surface area contributed by atoms with Crippen molar-refractivity contribution >= 4 is 41.5 Å². The molecule has 9 heteroatoms. The van der Waals surface area contributed by atoms with E-state index in [1.165, 1.54) is 0 Å². The van der Waals surface area contributed by atoms with Crippen molar-refractivity contribution in [2.24, 2.45) is 12.0 Å². The summed E-state index contributed by atoms with van der Waals surface area (Å²) in [5.41, 5.74) is 1.14. The molecule has 1 saturated heterocycles. The van der Waals surface area contributed by atoms with E-state index in [0.717, 1.165) is 31.6 Å². The monoisotopic (exact) mass is 463 g/mol. The normalized spacial score (nSPS) is 17.9. The Labute approximate surface area is 166 Å². The number of nitrogens with one attached hydrogen (secondary N) is 3. The molecule has 0 radical (unpaired) electrons. The van der Waals surface area contributed by atoms with Crippen LogP contribution in [-0.4, -0.2) is 60.4 Å². The van der Waals surface area contributed by atoms with E-state index in [2.05, 4.69) is 30.9 Å². The van der Waals surface area contributed by atoms with Crippen molar-refractivity contribution in [2.75, 3.05) is 31.6 Å². The van der Waals surface area contributed by atoms with Crippen molar-refractivity contribution in [3.05, 3.63) is 12.4 Å². The standard InChI is InChI=1S/C16H29N7O.HI/c1-12(2)20-15(24)9-18-16(17-3)21-13-6-5-7-23(10-13)14-8-19-22(4)11-14;/h8,11-13H,5-7,9-10H2,1-4H3,(H,20,24)(H2,17,18,21);1H. The van der Waals surface area contributed by atoms with Gasteiger partial charge in [0.1, 0.15) is 0 Å². The first kappa shape index (κ1) is 21.5. The van der Waals surface area contributed by atoms with Gasteiger partial charge in [-0.1, -0.05) is 0 Å². The molecule has 1 aliphatic rings. The second-order valence-corrected chi connectivity index (χ2v) is 6.45. The zero-order valence-electron chi connectivity index (χ0n) is 15.5. The molecule has 1 aromatic heterocycles. The lowest BCUT2D eigenvalue weighted by atomic mass is 10.1. The first-order valence-corrected chi connectivity index (χ1v) is 8.48. The summed E-state index contributed by atoms with van der Waals surface area (Å²) in [6.45, 7) is 6.04. The van der Waals surface area contributed by atoms with Gasteiger partial charge in [-0.2, -0.15) is 5.10 Å². The number of aliphatic imine (C=N–C) groups is 1. The van der Waals surface area contributed by atoms with Gasteiger partial charge in [0.25, 0.3) is 0 Å². The van der Waals surface area contributed by atoms with Crippen molar-refractivity contribution in [1.29, 1.82) is 0 Å². The number of aromatic nitrogens is 2. The maximum atomic E-state index is 11.7. The summed E-state index contributed by atoms with van der Waals surface area (Å²) >= 11 is 0. The molecule has 1 unspecified atom stereocenters. The Morgan fingerprint density at radius 1 is 1.48 bits per heavy atom. The molecule has 2 rings (SSSR count). The average Bonchev–Trinajstić information content (AvgIpc) is 2.97. The minimum atomic E-state index is -0.0337. The van der Waals surface area contributed by atoms with Gasteiger partial charge in [-0.25, -0.2) is 0 Å². The maximum Gasteiger partial charge on any atom is 0.239 e. The third-order valence-electron chi connectivity index (χ3n) is 3.91. The van der Waals surface area contributed by atoms with Crippen LogP contribution in [0.15, 0.2) is 17.4 Å². The molecule has 1 aliphatic heterocycles. The summed E-state index contributed by atoms with van der Waals surface area (Å²) < 4.78 is 1.82. The predicted molar refractivity (Wildman–Crippen MR) is 112 cm³/mol. The summed E-state index contributed by atoms with van der Waals surface area (Å²) in [7, 11) is 3.65. The number of carbonyl (C=O) groups excluding carboxylic acids is 1. The molecule has 0 aromatic carbocycles. The van der Waals surface area contributed by atoms with Gasteiger partial charge in [0.2, 0.25) is 5.91 Å². The third-order valence-corrected chi connectivity index (χ3v) is 3.91. The third kappa shape index (κ3) is 7.09. The highest BCUT2D eigenvalue weighted by Crippen LogP contribution is 2.18. The van der Waals surface area contributed by atoms with Crippen LogP contribution in [0.3, 0.4) is 0 Å². The lowest BCUT2D eigenvalue weighted by Crippen LogP contribution is -2.52. The number of piperidine rings is 1. The van der Waals surface area contributed by atoms with Crippen LogP contribution in [0.4, 0.5) is 5.69 Å². The van der Waals surface area contributed by atoms with Crippen LogP contribution in [0.5, 0.6) is 0 Å². The summed E-state index contributed by atoms with van der Waals surface area (Å²) in [6.07, 6.45) is 6.12. The molecule has 25 heavy (non-hydrogen) atoms. The van der Waals surface area contributed by atoms with E-state index >= 15 is 0 Å². The van der Waals surface area contributed by atoms with Gasteiger partial charge < -0.3 is 20.9 Å². The van der Waals surface area contributed by atoms with Gasteiger partial charge in [0.05, 0.1) is 18.4 Å². The van der Waals surface area contributed by atoms with Crippen LogP contribution >= 0.6 is 24.0 Å². The fourth-order valence-electron chi connectivity index (χ4n) is 2.83. The zero-order valence-corrected chi connectivity index (χ0v) is 17.8. The highest BCUT2D eigenvalue weighted by molar-refractivity contribution is 14.0. The lowest BCUT2D eigenvalue weighted by molar-refractivity contribution is -0.120. The molecule has 0 bridgehead atoms. The Bertz CT molecular complexity index is 573. The quantitative estimate of drug-likeness (QED) is 0.340. The van der Waals surface area contributed by atoms with E-state index in [1.54, 1.807) is 7.05 Å². The Morgan fingerprint density at radius 3 is 2.84 bits per heavy atom. The molecule has 142 valence electrons. The van der Waals surface area contributed by atoms with Crippen molar-refractivity contribution in [2.45, 2.75) is 38.8 Å². The number of hydrogen-bond acceptors (Lipinski definition) is 4. The van der Waals surface area contributed by atoms with Crippen LogP contribution in [0.1, 0.15) is 26.7 Å². The van der Waals surface area contributed by atoms with E-state index < -0.39 is 0 Å². The summed E-state index contributed by atoms with van der Waals surface area (Å²) in [5.74, 6) is 0.625. The van der Waals surface area contributed by atoms with Gasteiger partial charge >= 0.3 is 0 Å². The fraction of sp³-hybridized carbons (Fsp3) is 0.688. The molecule has 0 spiro atoms. The van der Waals surface area contributed by atoms with Crippen LogP contribution in [0, 0.1) is 0 Å². The number of anilines is 1. The van der Waals surface area contributed by atoms with Crippen molar-refractivity contribution in [1.82, 2.24) is 25.7 Å². The molecule has 0 aliphatic carbocycles. The molecule has 1 atom stereocenters. The topological polar surface area (TPSA) is 86.6 Å². The second kappa shape index (κ2) is 10.5. The van der Waals surface area contributed by atoms with Crippen LogP contribution in [0.2, 0.25) is 0 Å². The number of nitrogens with zero attached hydrogens (tertiary/aromatic N) is 4. The molecule has 1 amide bonds. The first-order valence-electron chi connectivity index (χ1n) is 8.48. The van der Waals surface area contributed by atoms with Gasteiger partial charge in [0.15, 0.2) is 5.96 Å². The van der Waals surface area contributed by atoms with Gasteiger partial charge in [-0.15, -0.1) is 24.0 Å². The number of hydrogen-bond donors (Lipinski definition) is 3. The second-order valence-electron chi connectivity index (χ2n) is 6.45. The Hall–Kier alpha value is -1.52. The molecule has 8 nitrogen and oxygen atoms in total. The minimum absolute atomic E-state index is 0. The Balaban J connectivity index is 0.00000312. The van der Waals surface area contributed by atoms with E-state index in [1.807, 2.05) is 38.0 Å². The SMILES string of the molecule is CN=C(NCC(=O)NC(C)C)NC1CCCN(c2cnn(C)c2)C1.I. The van der Waals surface area contributed by atoms with E-state index in [4.69, 9.17) is 0 Å². The van der Waals surface area contributed by atoms with Crippen LogP contribution in [-0.2, 0) is 11.8 Å². The molecule has 1 fully saturated rings. The Kier molecular flexibility index (Phi) is 9.01. The maximum absolute atomic E-state index is 11.7. The van der Waals surface area contributed by atoms with E-state index in [9.17, 15) is 4.79 Å². The van der Waals surface area contributed by atoms with Crippen molar-refractivity contribution in [3.63, 3.8) is 0 Å². The number of carbonyl (C=O) groups is 1. The number of amides is 1. The van der Waals surface area contributed by atoms with E-state index in [0.29, 0.717) is 12.0 Å². The lowest BCUT2D eigenvalue weighted by Gasteiger charge is -2.34. The van der Waals surface area contributed by atoms with Crippen LogP contribution < -0.4 is 20.9 Å². The zero-order chi connectivity index (χ0) is 17.5. The molecule has 1 aromatic rings. The number of guanidine groups is 1. The summed E-state index contributed by atoms with van der Waals surface area (Å²) in [6, 6.07) is 0.430. The molecular weight excluding hydrogens is 433 g/mol. The molecular formula is C16H30IN7O. The molecule has 3 N–H and O–H groups in total. The van der Waals surface area contributed by atoms with Crippen molar-refractivity contribution in [3.8, 4) is 0 Å².